The van der Waals surface area contributed by atoms with Crippen molar-refractivity contribution in [3.8, 4) is 0 Å². The van der Waals surface area contributed by atoms with Crippen LogP contribution in [-0.4, -0.2) is 69.0 Å². The number of hydrogen-bond acceptors (Lipinski definition) is 6. The summed E-state index contributed by atoms with van der Waals surface area (Å²) in [6.45, 7) is 25.7. The van der Waals surface area contributed by atoms with E-state index >= 15 is 0 Å². The van der Waals surface area contributed by atoms with Crippen LogP contribution in [0.4, 0.5) is 0 Å². The first kappa shape index (κ1) is 64.4. The predicted octanol–water partition coefficient (Wildman–Crippen LogP) is 13.6. The van der Waals surface area contributed by atoms with Gasteiger partial charge in [-0.1, -0.05) is 212 Å². The summed E-state index contributed by atoms with van der Waals surface area (Å²) in [5, 5.41) is 51.2. The van der Waals surface area contributed by atoms with Gasteiger partial charge in [0.05, 0.1) is 43.7 Å². The molecule has 8 heteroatoms. The first-order valence-electron chi connectivity index (χ1n) is 24.8. The Morgan fingerprint density at radius 2 is 0.610 bits per heavy atom. The zero-order valence-electron chi connectivity index (χ0n) is 41.4. The Hall–Kier alpha value is -1.22. The van der Waals surface area contributed by atoms with Crippen LogP contribution in [0.1, 0.15) is 237 Å². The van der Waals surface area contributed by atoms with Crippen molar-refractivity contribution in [3.05, 3.63) is 0 Å². The van der Waals surface area contributed by atoms with Crippen LogP contribution in [-0.2, 0) is 9.59 Å². The van der Waals surface area contributed by atoms with Gasteiger partial charge in [0.2, 0.25) is 0 Å². The molecule has 6 unspecified atom stereocenters. The highest BCUT2D eigenvalue weighted by molar-refractivity contribution is 5.70. The number of rotatable bonds is 35. The minimum atomic E-state index is -1.11. The molecule has 0 aromatic heterocycles. The van der Waals surface area contributed by atoms with E-state index in [-0.39, 0.29) is 11.8 Å². The van der Waals surface area contributed by atoms with Gasteiger partial charge in [0.25, 0.3) is 0 Å². The third-order valence-electron chi connectivity index (χ3n) is 12.2. The predicted molar refractivity (Wildman–Crippen MR) is 253 cm³/mol. The fourth-order valence-corrected chi connectivity index (χ4v) is 7.15. The molecule has 0 saturated heterocycles. The average molecular weight is 847 g/mol. The molecule has 0 radical (unpaired) electrons. The zero-order chi connectivity index (χ0) is 46.1. The van der Waals surface area contributed by atoms with Crippen molar-refractivity contribution in [2.45, 2.75) is 237 Å². The van der Waals surface area contributed by atoms with E-state index in [4.69, 9.17) is 30.6 Å². The van der Waals surface area contributed by atoms with Gasteiger partial charge in [-0.15, -0.1) is 0 Å². The highest BCUT2D eigenvalue weighted by atomic mass is 16.4. The Morgan fingerprint density at radius 3 is 0.780 bits per heavy atom. The zero-order valence-corrected chi connectivity index (χ0v) is 41.4. The van der Waals surface area contributed by atoms with E-state index < -0.39 is 43.8 Å². The number of aliphatic hydroxyl groups is 4. The van der Waals surface area contributed by atoms with Gasteiger partial charge in [-0.05, 0) is 61.2 Å². The van der Waals surface area contributed by atoms with Crippen LogP contribution in [0, 0.1) is 52.8 Å². The Balaban J connectivity index is -0.000000420. The lowest BCUT2D eigenvalue weighted by Crippen LogP contribution is -2.37. The molecule has 0 aliphatic carbocycles. The van der Waals surface area contributed by atoms with Gasteiger partial charge in [0.15, 0.2) is 0 Å². The van der Waals surface area contributed by atoms with E-state index in [2.05, 4.69) is 69.2 Å². The van der Waals surface area contributed by atoms with E-state index in [1.54, 1.807) is 0 Å². The molecule has 358 valence electrons. The van der Waals surface area contributed by atoms with Crippen LogP contribution in [0.2, 0.25) is 0 Å². The summed E-state index contributed by atoms with van der Waals surface area (Å²) in [6.07, 6.45) is 30.6. The van der Waals surface area contributed by atoms with Gasteiger partial charge in [-0.2, -0.15) is 0 Å². The van der Waals surface area contributed by atoms with E-state index in [0.717, 1.165) is 86.9 Å². The number of aliphatic carboxylic acids is 2. The second kappa shape index (κ2) is 44.8. The molecule has 0 spiro atoms. The van der Waals surface area contributed by atoms with Gasteiger partial charge < -0.3 is 30.6 Å². The number of aliphatic hydroxyl groups excluding tert-OH is 4. The van der Waals surface area contributed by atoms with Gasteiger partial charge in [0, 0.05) is 0 Å². The van der Waals surface area contributed by atoms with Gasteiger partial charge in [-0.25, -0.2) is 0 Å². The lowest BCUT2D eigenvalue weighted by molar-refractivity contribution is -0.143. The van der Waals surface area contributed by atoms with Gasteiger partial charge >= 0.3 is 11.9 Å². The maximum atomic E-state index is 10.4. The molecule has 0 fully saturated rings. The average Bonchev–Trinajstić information content (AvgIpc) is 3.18. The van der Waals surface area contributed by atoms with Crippen molar-refractivity contribution < 1.29 is 40.2 Å². The van der Waals surface area contributed by atoms with Crippen molar-refractivity contribution in [2.24, 2.45) is 52.8 Å². The Labute approximate surface area is 367 Å². The van der Waals surface area contributed by atoms with E-state index in [9.17, 15) is 9.59 Å². The molecule has 0 saturated carbocycles. The lowest BCUT2D eigenvalue weighted by Gasteiger charge is -2.23. The minimum Gasteiger partial charge on any atom is -0.481 e. The van der Waals surface area contributed by atoms with Crippen molar-refractivity contribution in [1.82, 2.24) is 0 Å². The smallest absolute Gasteiger partial charge is 0.306 e. The Morgan fingerprint density at radius 1 is 0.373 bits per heavy atom. The number of carboxylic acids is 2. The summed E-state index contributed by atoms with van der Waals surface area (Å²) in [4.78, 5) is 20.9. The molecule has 6 N–H and O–H groups in total. The summed E-state index contributed by atoms with van der Waals surface area (Å²) in [5.41, 5.74) is -1.11. The largest absolute Gasteiger partial charge is 0.481 e. The number of carboxylic acid groups (broad SMARTS) is 2. The third kappa shape index (κ3) is 44.6. The van der Waals surface area contributed by atoms with Gasteiger partial charge in [-0.3, -0.25) is 9.59 Å². The van der Waals surface area contributed by atoms with E-state index in [1.807, 2.05) is 13.8 Å². The molecular formula is C51H106O8. The standard InChI is InChI=1S/C30H62.2C8H16O2.C5H12O4/c1-25(2)15-11-19-29(7)23-13-21-27(5)17-9-10-18-28(6)22-14-24-30(8)20-12-16-26(3)4;2*1-3-5-6-7(4-2)8(9)10;6-1-5(2-7,3-8)4-9/h25-30H,9-24H2,1-8H3;2*7H,3-6H2,1-2H3,(H,9,10);6-9H,1-4H2. The Kier molecular flexibility index (Phi) is 48.9. The van der Waals surface area contributed by atoms with Crippen LogP contribution >= 0.6 is 0 Å². The molecule has 59 heavy (non-hydrogen) atoms. The molecule has 0 amide bonds. The summed E-state index contributed by atoms with van der Waals surface area (Å²) in [7, 11) is 0. The molecule has 6 atom stereocenters. The van der Waals surface area contributed by atoms with Crippen LogP contribution in [0.25, 0.3) is 0 Å². The van der Waals surface area contributed by atoms with E-state index in [0.29, 0.717) is 0 Å². The first-order valence-corrected chi connectivity index (χ1v) is 24.8. The summed E-state index contributed by atoms with van der Waals surface area (Å²) in [6, 6.07) is 0. The maximum Gasteiger partial charge on any atom is 0.306 e. The first-order chi connectivity index (χ1) is 27.9. The molecule has 0 aliphatic rings. The molecule has 0 heterocycles. The SMILES string of the molecule is CC(C)CCCC(C)CCCC(C)CCCCC(C)CCCC(C)CCCC(C)C.CCCCC(CC)C(=O)O.CCCCC(CC)C(=O)O.OCC(CO)(CO)CO. The third-order valence-corrected chi connectivity index (χ3v) is 12.2. The number of carbonyl (C=O) groups is 2. The number of unbranched alkanes of at least 4 members (excludes halogenated alkanes) is 3. The summed E-state index contributed by atoms with van der Waals surface area (Å²) < 4.78 is 0. The molecule has 0 rings (SSSR count). The second-order valence-corrected chi connectivity index (χ2v) is 19.5. The van der Waals surface area contributed by atoms with Crippen molar-refractivity contribution in [3.63, 3.8) is 0 Å². The van der Waals surface area contributed by atoms with Crippen molar-refractivity contribution in [2.75, 3.05) is 26.4 Å². The molecule has 8 nitrogen and oxygen atoms in total. The second-order valence-electron chi connectivity index (χ2n) is 19.5. The topological polar surface area (TPSA) is 156 Å². The fourth-order valence-electron chi connectivity index (χ4n) is 7.15. The van der Waals surface area contributed by atoms with Crippen LogP contribution in [0.3, 0.4) is 0 Å². The summed E-state index contributed by atoms with van der Waals surface area (Å²) >= 11 is 0. The molecule has 0 aromatic carbocycles. The number of hydrogen-bond donors (Lipinski definition) is 6. The molecule has 0 aliphatic heterocycles. The lowest BCUT2D eigenvalue weighted by atomic mass is 9.90. The normalized spacial score (nSPS) is 14.5. The summed E-state index contributed by atoms with van der Waals surface area (Å²) in [5.74, 6) is 4.01. The van der Waals surface area contributed by atoms with E-state index in [1.165, 1.54) is 103 Å². The minimum absolute atomic E-state index is 0.111. The van der Waals surface area contributed by atoms with Crippen molar-refractivity contribution in [1.29, 1.82) is 0 Å². The molecular weight excluding hydrogens is 741 g/mol. The van der Waals surface area contributed by atoms with Crippen LogP contribution in [0.5, 0.6) is 0 Å². The maximum absolute atomic E-state index is 10.4. The highest BCUT2D eigenvalue weighted by Gasteiger charge is 2.26. The monoisotopic (exact) mass is 847 g/mol. The molecule has 0 bridgehead atoms. The fraction of sp³-hybridized carbons (Fsp3) is 0.961. The van der Waals surface area contributed by atoms with Crippen LogP contribution in [0.15, 0.2) is 0 Å². The highest BCUT2D eigenvalue weighted by Crippen LogP contribution is 2.24. The van der Waals surface area contributed by atoms with Gasteiger partial charge in [0.1, 0.15) is 0 Å². The van der Waals surface area contributed by atoms with Crippen LogP contribution < -0.4 is 0 Å². The molecule has 0 aromatic rings. The van der Waals surface area contributed by atoms with Crippen molar-refractivity contribution >= 4 is 11.9 Å². The quantitative estimate of drug-likeness (QED) is 0.0344. The Bertz CT molecular complexity index is 796.